The van der Waals surface area contributed by atoms with Crippen LogP contribution in [0, 0.1) is 0 Å². The number of carbonyl (C=O) groups is 2. The minimum atomic E-state index is -1.02. The lowest BCUT2D eigenvalue weighted by molar-refractivity contribution is -0.116. The van der Waals surface area contributed by atoms with Crippen molar-refractivity contribution >= 4 is 23.3 Å². The predicted octanol–water partition coefficient (Wildman–Crippen LogP) is 6.36. The third-order valence-corrected chi connectivity index (χ3v) is 7.06. The molecular weight excluding hydrogens is 504 g/mol. The topological polar surface area (TPSA) is 88.1 Å². The molecule has 0 spiro atoms. The SMILES string of the molecule is CC1CN(c2ccc(NC(=O)CCc3ccc(OCCCCCc4ccccc4)cc3)cc2C(=O)O)CC(C)O1. The number of rotatable bonds is 13. The monoisotopic (exact) mass is 544 g/mol. The summed E-state index contributed by atoms with van der Waals surface area (Å²) in [6.07, 6.45) is 5.31. The Balaban J connectivity index is 1.19. The van der Waals surface area contributed by atoms with Crippen molar-refractivity contribution in [3.05, 3.63) is 89.5 Å². The van der Waals surface area contributed by atoms with Gasteiger partial charge in [-0.25, -0.2) is 4.79 Å². The molecule has 0 aliphatic carbocycles. The van der Waals surface area contributed by atoms with Gasteiger partial charge < -0.3 is 24.8 Å². The van der Waals surface area contributed by atoms with Crippen molar-refractivity contribution in [3.63, 3.8) is 0 Å². The molecule has 2 atom stereocenters. The third-order valence-electron chi connectivity index (χ3n) is 7.06. The van der Waals surface area contributed by atoms with E-state index >= 15 is 0 Å². The summed E-state index contributed by atoms with van der Waals surface area (Å²) in [4.78, 5) is 26.6. The lowest BCUT2D eigenvalue weighted by Gasteiger charge is -2.37. The number of benzene rings is 3. The number of carbonyl (C=O) groups excluding carboxylic acids is 1. The standard InChI is InChI=1S/C33H40N2O5/c1-24-22-35(23-25(2)40-24)31-18-15-28(21-30(31)33(37)38)34-32(36)19-14-27-12-16-29(17-13-27)39-20-8-4-7-11-26-9-5-3-6-10-26/h3,5-6,9-10,12-13,15-18,21,24-25H,4,7-8,11,14,19-20,22-23H2,1-2H3,(H,34,36)(H,37,38). The van der Waals surface area contributed by atoms with Gasteiger partial charge in [-0.2, -0.15) is 0 Å². The van der Waals surface area contributed by atoms with E-state index in [1.807, 2.05) is 49.1 Å². The summed E-state index contributed by atoms with van der Waals surface area (Å²) in [5.41, 5.74) is 3.71. The number of hydrogen-bond donors (Lipinski definition) is 2. The largest absolute Gasteiger partial charge is 0.494 e. The molecule has 1 heterocycles. The van der Waals surface area contributed by atoms with E-state index in [1.54, 1.807) is 12.1 Å². The molecule has 0 aromatic heterocycles. The lowest BCUT2D eigenvalue weighted by atomic mass is 10.1. The average Bonchev–Trinajstić information content (AvgIpc) is 2.94. The van der Waals surface area contributed by atoms with Crippen LogP contribution >= 0.6 is 0 Å². The zero-order valence-electron chi connectivity index (χ0n) is 23.5. The van der Waals surface area contributed by atoms with Crippen molar-refractivity contribution in [2.24, 2.45) is 0 Å². The molecular formula is C33H40N2O5. The Morgan fingerprint density at radius 2 is 1.60 bits per heavy atom. The van der Waals surface area contributed by atoms with Gasteiger partial charge in [0.1, 0.15) is 5.75 Å². The predicted molar refractivity (Wildman–Crippen MR) is 159 cm³/mol. The number of aromatic carboxylic acids is 1. The second kappa shape index (κ2) is 14.5. The van der Waals surface area contributed by atoms with Gasteiger partial charge in [0.15, 0.2) is 0 Å². The molecule has 0 radical (unpaired) electrons. The number of aryl methyl sites for hydroxylation is 2. The summed E-state index contributed by atoms with van der Waals surface area (Å²) in [6, 6.07) is 23.5. The summed E-state index contributed by atoms with van der Waals surface area (Å²) in [5, 5.41) is 12.7. The number of carboxylic acid groups (broad SMARTS) is 1. The number of nitrogens with zero attached hydrogens (tertiary/aromatic N) is 1. The van der Waals surface area contributed by atoms with E-state index in [2.05, 4.69) is 29.6 Å². The van der Waals surface area contributed by atoms with E-state index in [9.17, 15) is 14.7 Å². The van der Waals surface area contributed by atoms with Crippen molar-refractivity contribution in [3.8, 4) is 5.75 Å². The van der Waals surface area contributed by atoms with Crippen LogP contribution in [0.15, 0.2) is 72.8 Å². The van der Waals surface area contributed by atoms with Gasteiger partial charge in [0.05, 0.1) is 30.1 Å². The smallest absolute Gasteiger partial charge is 0.337 e. The fourth-order valence-electron chi connectivity index (χ4n) is 5.11. The zero-order chi connectivity index (χ0) is 28.3. The second-order valence-electron chi connectivity index (χ2n) is 10.5. The van der Waals surface area contributed by atoms with Crippen LogP contribution in [-0.4, -0.2) is 48.9 Å². The van der Waals surface area contributed by atoms with E-state index in [1.165, 1.54) is 11.6 Å². The number of unbranched alkanes of at least 4 members (excludes halogenated alkanes) is 2. The number of ether oxygens (including phenoxy) is 2. The Morgan fingerprint density at radius 3 is 2.30 bits per heavy atom. The van der Waals surface area contributed by atoms with E-state index in [4.69, 9.17) is 9.47 Å². The maximum atomic E-state index is 12.6. The molecule has 1 aliphatic heterocycles. The van der Waals surface area contributed by atoms with Gasteiger partial charge in [0.2, 0.25) is 5.91 Å². The van der Waals surface area contributed by atoms with Crippen molar-refractivity contribution in [2.45, 2.75) is 64.6 Å². The molecule has 4 rings (SSSR count). The Hall–Kier alpha value is -3.84. The fraction of sp³-hybridized carbons (Fsp3) is 0.394. The van der Waals surface area contributed by atoms with Gasteiger partial charge in [0.25, 0.3) is 0 Å². The molecule has 7 nitrogen and oxygen atoms in total. The highest BCUT2D eigenvalue weighted by Crippen LogP contribution is 2.28. The summed E-state index contributed by atoms with van der Waals surface area (Å²) in [7, 11) is 0. The molecule has 1 saturated heterocycles. The Morgan fingerprint density at radius 1 is 0.900 bits per heavy atom. The molecule has 3 aromatic carbocycles. The fourth-order valence-corrected chi connectivity index (χ4v) is 5.11. The van der Waals surface area contributed by atoms with Crippen LogP contribution in [0.3, 0.4) is 0 Å². The average molecular weight is 545 g/mol. The molecule has 2 N–H and O–H groups in total. The van der Waals surface area contributed by atoms with Crippen LogP contribution in [-0.2, 0) is 22.4 Å². The van der Waals surface area contributed by atoms with Gasteiger partial charge >= 0.3 is 5.97 Å². The van der Waals surface area contributed by atoms with Crippen LogP contribution in [0.25, 0.3) is 0 Å². The molecule has 40 heavy (non-hydrogen) atoms. The van der Waals surface area contributed by atoms with Gasteiger partial charge in [-0.3, -0.25) is 4.79 Å². The van der Waals surface area contributed by atoms with E-state index in [0.717, 1.165) is 37.0 Å². The molecule has 1 fully saturated rings. The molecule has 0 bridgehead atoms. The van der Waals surface area contributed by atoms with E-state index < -0.39 is 5.97 Å². The van der Waals surface area contributed by atoms with Gasteiger partial charge in [-0.15, -0.1) is 0 Å². The number of anilines is 2. The normalized spacial score (nSPS) is 16.9. The first-order valence-corrected chi connectivity index (χ1v) is 14.2. The number of nitrogens with one attached hydrogen (secondary N) is 1. The Labute approximate surface area is 237 Å². The van der Waals surface area contributed by atoms with Crippen LogP contribution in [0.4, 0.5) is 11.4 Å². The number of amides is 1. The van der Waals surface area contributed by atoms with Crippen molar-refractivity contribution < 1.29 is 24.2 Å². The molecule has 3 aromatic rings. The number of morpholine rings is 1. The van der Waals surface area contributed by atoms with Gasteiger partial charge in [0, 0.05) is 25.2 Å². The zero-order valence-corrected chi connectivity index (χ0v) is 23.5. The highest BCUT2D eigenvalue weighted by molar-refractivity contribution is 5.98. The summed E-state index contributed by atoms with van der Waals surface area (Å²) in [6.45, 7) is 5.89. The second-order valence-corrected chi connectivity index (χ2v) is 10.5. The van der Waals surface area contributed by atoms with Crippen LogP contribution in [0.2, 0.25) is 0 Å². The molecule has 1 amide bonds. The number of hydrogen-bond acceptors (Lipinski definition) is 5. The maximum Gasteiger partial charge on any atom is 0.337 e. The minimum absolute atomic E-state index is 0.0144. The van der Waals surface area contributed by atoms with Gasteiger partial charge in [-0.05, 0) is 87.4 Å². The summed E-state index contributed by atoms with van der Waals surface area (Å²) in [5.74, 6) is -0.345. The van der Waals surface area contributed by atoms with E-state index in [0.29, 0.717) is 43.9 Å². The highest BCUT2D eigenvalue weighted by Gasteiger charge is 2.26. The molecule has 0 saturated carbocycles. The van der Waals surface area contributed by atoms with Crippen molar-refractivity contribution in [1.29, 1.82) is 0 Å². The molecule has 2 unspecified atom stereocenters. The number of carboxylic acids is 1. The van der Waals surface area contributed by atoms with Crippen LogP contribution in [0.1, 0.15) is 61.0 Å². The minimum Gasteiger partial charge on any atom is -0.494 e. The van der Waals surface area contributed by atoms with Gasteiger partial charge in [-0.1, -0.05) is 42.5 Å². The van der Waals surface area contributed by atoms with Crippen LogP contribution in [0.5, 0.6) is 5.75 Å². The lowest BCUT2D eigenvalue weighted by Crippen LogP contribution is -2.46. The molecule has 1 aliphatic rings. The first-order chi connectivity index (χ1) is 19.4. The first-order valence-electron chi connectivity index (χ1n) is 14.2. The van der Waals surface area contributed by atoms with Crippen molar-refractivity contribution in [2.75, 3.05) is 29.9 Å². The molecule has 212 valence electrons. The third kappa shape index (κ3) is 8.85. The highest BCUT2D eigenvalue weighted by atomic mass is 16.5. The Bertz CT molecular complexity index is 1240. The summed E-state index contributed by atoms with van der Waals surface area (Å²) < 4.78 is 11.7. The maximum absolute atomic E-state index is 12.6. The van der Waals surface area contributed by atoms with Crippen molar-refractivity contribution in [1.82, 2.24) is 0 Å². The quantitative estimate of drug-likeness (QED) is 0.244. The molecule has 7 heteroatoms. The summed E-state index contributed by atoms with van der Waals surface area (Å²) >= 11 is 0. The first kappa shape index (κ1) is 29.2. The van der Waals surface area contributed by atoms with Crippen LogP contribution < -0.4 is 15.0 Å². The van der Waals surface area contributed by atoms with E-state index in [-0.39, 0.29) is 23.7 Å². The Kier molecular flexibility index (Phi) is 10.6.